The van der Waals surface area contributed by atoms with Gasteiger partial charge in [0.2, 0.25) is 0 Å². The van der Waals surface area contributed by atoms with Crippen LogP contribution >= 0.6 is 11.3 Å². The van der Waals surface area contributed by atoms with Crippen molar-refractivity contribution in [2.45, 2.75) is 50.4 Å². The van der Waals surface area contributed by atoms with Gasteiger partial charge in [-0.1, -0.05) is 0 Å². The molecule has 2 aliphatic heterocycles. The Morgan fingerprint density at radius 1 is 1.21 bits per heavy atom. The molecule has 3 atom stereocenters. The number of likely N-dealkylation sites (tertiary alicyclic amines) is 1. The molecule has 0 spiro atoms. The minimum atomic E-state index is 0.235. The van der Waals surface area contributed by atoms with E-state index < -0.39 is 0 Å². The van der Waals surface area contributed by atoms with E-state index in [9.17, 15) is 0 Å². The fourth-order valence-electron chi connectivity index (χ4n) is 4.06. The first-order valence-electron chi connectivity index (χ1n) is 9.07. The zero-order valence-electron chi connectivity index (χ0n) is 13.8. The van der Waals surface area contributed by atoms with Crippen molar-refractivity contribution in [2.24, 2.45) is 5.92 Å². The Morgan fingerprint density at radius 3 is 2.92 bits per heavy atom. The summed E-state index contributed by atoms with van der Waals surface area (Å²) in [5, 5.41) is 3.47. The molecule has 2 aromatic rings. The summed E-state index contributed by atoms with van der Waals surface area (Å²) in [6, 6.07) is 4.22. The Hall–Kier alpha value is -1.30. The maximum absolute atomic E-state index is 6.43. The van der Waals surface area contributed by atoms with E-state index in [-0.39, 0.29) is 6.10 Å². The summed E-state index contributed by atoms with van der Waals surface area (Å²) in [5.41, 5.74) is 2.65. The van der Waals surface area contributed by atoms with Crippen molar-refractivity contribution in [3.63, 3.8) is 0 Å². The number of rotatable bonds is 4. The largest absolute Gasteiger partial charge is 0.366 e. The number of hydrogen-bond acceptors (Lipinski definition) is 5. The Balaban J connectivity index is 1.23. The first-order chi connectivity index (χ1) is 11.8. The predicted octanol–water partition coefficient (Wildman–Crippen LogP) is 3.77. The maximum atomic E-state index is 6.43. The number of hydrogen-bond donors (Lipinski definition) is 0. The number of ether oxygens (including phenoxy) is 1. The van der Waals surface area contributed by atoms with E-state index in [1.165, 1.54) is 42.1 Å². The topological polar surface area (TPSA) is 38.2 Å². The second-order valence-corrected chi connectivity index (χ2v) is 8.31. The van der Waals surface area contributed by atoms with Gasteiger partial charge in [-0.25, -0.2) is 4.98 Å². The highest BCUT2D eigenvalue weighted by Crippen LogP contribution is 2.45. The highest BCUT2D eigenvalue weighted by molar-refractivity contribution is 7.09. The molecule has 3 aliphatic rings. The van der Waals surface area contributed by atoms with Crippen LogP contribution in [0.3, 0.4) is 0 Å². The van der Waals surface area contributed by atoms with Crippen LogP contribution in [0.4, 0.5) is 0 Å². The van der Waals surface area contributed by atoms with Crippen molar-refractivity contribution in [1.29, 1.82) is 0 Å². The number of thiazole rings is 1. The lowest BCUT2D eigenvalue weighted by atomic mass is 9.91. The molecule has 2 saturated heterocycles. The Morgan fingerprint density at radius 2 is 2.08 bits per heavy atom. The standard InChI is InChI=1S/C19H23N3OS/c1-2-14(1)16-12-24-19(21-16)17-9-15-5-8-22(11-18(15)23-17)10-13-3-6-20-7-4-13/h3-4,6-7,12,14-15,17-18H,1-2,5,8-11H2/t15-,17+,18+/m1/s1. The highest BCUT2D eigenvalue weighted by atomic mass is 32.1. The van der Waals surface area contributed by atoms with E-state index >= 15 is 0 Å². The van der Waals surface area contributed by atoms with Gasteiger partial charge in [-0.2, -0.15) is 0 Å². The van der Waals surface area contributed by atoms with Gasteiger partial charge in [0.25, 0.3) is 0 Å². The molecule has 1 saturated carbocycles. The summed E-state index contributed by atoms with van der Waals surface area (Å²) in [6.45, 7) is 3.22. The van der Waals surface area contributed by atoms with Gasteiger partial charge in [-0.3, -0.25) is 9.88 Å². The van der Waals surface area contributed by atoms with Gasteiger partial charge in [0.1, 0.15) is 11.1 Å². The number of nitrogens with zero attached hydrogens (tertiary/aromatic N) is 3. The van der Waals surface area contributed by atoms with Crippen molar-refractivity contribution < 1.29 is 4.74 Å². The Labute approximate surface area is 146 Å². The molecule has 4 heterocycles. The van der Waals surface area contributed by atoms with Crippen LogP contribution in [-0.2, 0) is 11.3 Å². The van der Waals surface area contributed by atoms with E-state index in [2.05, 4.69) is 27.4 Å². The van der Waals surface area contributed by atoms with Gasteiger partial charge in [0, 0.05) is 36.8 Å². The lowest BCUT2D eigenvalue weighted by Crippen LogP contribution is -2.41. The first-order valence-corrected chi connectivity index (χ1v) is 9.95. The summed E-state index contributed by atoms with van der Waals surface area (Å²) in [5.74, 6) is 1.45. The summed E-state index contributed by atoms with van der Waals surface area (Å²) in [7, 11) is 0. The molecule has 3 fully saturated rings. The van der Waals surface area contributed by atoms with Crippen molar-refractivity contribution in [3.05, 3.63) is 46.2 Å². The molecule has 5 heteroatoms. The zero-order valence-corrected chi connectivity index (χ0v) is 14.6. The lowest BCUT2D eigenvalue weighted by Gasteiger charge is -2.34. The predicted molar refractivity (Wildman–Crippen MR) is 93.9 cm³/mol. The van der Waals surface area contributed by atoms with E-state index in [0.29, 0.717) is 12.0 Å². The molecule has 0 radical (unpaired) electrons. The Bertz CT molecular complexity index is 700. The molecular formula is C19H23N3OS. The fourth-order valence-corrected chi connectivity index (χ4v) is 5.01. The molecule has 0 unspecified atom stereocenters. The number of aromatic nitrogens is 2. The molecule has 1 aliphatic carbocycles. The summed E-state index contributed by atoms with van der Waals surface area (Å²) in [6.07, 6.45) is 9.41. The average Bonchev–Trinajstić information content (AvgIpc) is 3.19. The molecule has 126 valence electrons. The minimum absolute atomic E-state index is 0.235. The van der Waals surface area contributed by atoms with Gasteiger partial charge < -0.3 is 4.74 Å². The smallest absolute Gasteiger partial charge is 0.122 e. The summed E-state index contributed by atoms with van der Waals surface area (Å²) >= 11 is 1.81. The molecule has 0 amide bonds. The van der Waals surface area contributed by atoms with Crippen LogP contribution in [0.15, 0.2) is 29.9 Å². The van der Waals surface area contributed by atoms with Gasteiger partial charge in [0.05, 0.1) is 11.8 Å². The van der Waals surface area contributed by atoms with Crippen LogP contribution in [0.5, 0.6) is 0 Å². The van der Waals surface area contributed by atoms with Crippen molar-refractivity contribution >= 4 is 11.3 Å². The molecular weight excluding hydrogens is 318 g/mol. The SMILES string of the molecule is c1cc(CN2CC[C@@H]3C[C@@H](c4nc(C5CC5)cs4)O[C@H]3C2)ccn1. The van der Waals surface area contributed by atoms with E-state index in [1.54, 1.807) is 0 Å². The van der Waals surface area contributed by atoms with Crippen LogP contribution in [0.25, 0.3) is 0 Å². The summed E-state index contributed by atoms with van der Waals surface area (Å²) in [4.78, 5) is 11.5. The van der Waals surface area contributed by atoms with Gasteiger partial charge in [-0.05, 0) is 55.8 Å². The normalized spacial score (nSPS) is 30.4. The van der Waals surface area contributed by atoms with Crippen LogP contribution in [0.1, 0.15) is 54.0 Å². The van der Waals surface area contributed by atoms with Crippen LogP contribution < -0.4 is 0 Å². The van der Waals surface area contributed by atoms with Crippen LogP contribution in [-0.4, -0.2) is 34.1 Å². The third kappa shape index (κ3) is 3.01. The van der Waals surface area contributed by atoms with E-state index in [1.807, 2.05) is 23.7 Å². The van der Waals surface area contributed by atoms with Crippen molar-refractivity contribution in [3.8, 4) is 0 Å². The van der Waals surface area contributed by atoms with E-state index in [0.717, 1.165) is 25.4 Å². The number of pyridine rings is 1. The molecule has 24 heavy (non-hydrogen) atoms. The van der Waals surface area contributed by atoms with E-state index in [4.69, 9.17) is 9.72 Å². The second kappa shape index (κ2) is 6.21. The molecule has 5 rings (SSSR count). The Kier molecular flexibility index (Phi) is 3.88. The van der Waals surface area contributed by atoms with Crippen molar-refractivity contribution in [1.82, 2.24) is 14.9 Å². The maximum Gasteiger partial charge on any atom is 0.122 e. The second-order valence-electron chi connectivity index (χ2n) is 7.42. The molecule has 4 nitrogen and oxygen atoms in total. The highest BCUT2D eigenvalue weighted by Gasteiger charge is 2.41. The number of piperidine rings is 1. The third-order valence-corrected chi connectivity index (χ3v) is 6.56. The fraction of sp³-hybridized carbons (Fsp3) is 0.579. The van der Waals surface area contributed by atoms with Crippen LogP contribution in [0, 0.1) is 5.92 Å². The van der Waals surface area contributed by atoms with Crippen LogP contribution in [0.2, 0.25) is 0 Å². The third-order valence-electron chi connectivity index (χ3n) is 5.60. The molecule has 0 aromatic carbocycles. The molecule has 0 bridgehead atoms. The zero-order chi connectivity index (χ0) is 15.9. The minimum Gasteiger partial charge on any atom is -0.366 e. The van der Waals surface area contributed by atoms with Gasteiger partial charge in [-0.15, -0.1) is 11.3 Å². The quantitative estimate of drug-likeness (QED) is 0.848. The molecule has 0 N–H and O–H groups in total. The average molecular weight is 341 g/mol. The number of fused-ring (bicyclic) bond motifs is 1. The lowest BCUT2D eigenvalue weighted by molar-refractivity contribution is -0.00943. The van der Waals surface area contributed by atoms with Crippen molar-refractivity contribution in [2.75, 3.05) is 13.1 Å². The summed E-state index contributed by atoms with van der Waals surface area (Å²) < 4.78 is 6.43. The first kappa shape index (κ1) is 15.0. The molecule has 2 aromatic heterocycles. The van der Waals surface area contributed by atoms with Gasteiger partial charge >= 0.3 is 0 Å². The van der Waals surface area contributed by atoms with Gasteiger partial charge in [0.15, 0.2) is 0 Å². The monoisotopic (exact) mass is 341 g/mol.